The molecule has 2 aromatic carbocycles. The lowest BCUT2D eigenvalue weighted by atomic mass is 10.2. The number of carbonyl (C=O) groups is 2. The summed E-state index contributed by atoms with van der Waals surface area (Å²) < 4.78 is 5.59. The van der Waals surface area contributed by atoms with Gasteiger partial charge in [-0.3, -0.25) is 9.59 Å². The van der Waals surface area contributed by atoms with Crippen LogP contribution in [0.3, 0.4) is 0 Å². The quantitative estimate of drug-likeness (QED) is 0.591. The smallest absolute Gasteiger partial charge is 0.234 e. The van der Waals surface area contributed by atoms with Crippen molar-refractivity contribution in [1.29, 1.82) is 0 Å². The van der Waals surface area contributed by atoms with Crippen LogP contribution in [-0.4, -0.2) is 29.9 Å². The number of aryl methyl sites for hydroxylation is 1. The second-order valence-corrected chi connectivity index (χ2v) is 7.17. The van der Waals surface area contributed by atoms with E-state index in [0.717, 1.165) is 29.8 Å². The van der Waals surface area contributed by atoms with E-state index in [0.29, 0.717) is 12.3 Å². The lowest BCUT2D eigenvalue weighted by molar-refractivity contribution is -0.114. The molecule has 144 valence electrons. The van der Waals surface area contributed by atoms with Crippen molar-refractivity contribution in [2.24, 2.45) is 0 Å². The highest BCUT2D eigenvalue weighted by atomic mass is 32.2. The average Bonchev–Trinajstić information content (AvgIpc) is 2.63. The van der Waals surface area contributed by atoms with E-state index in [9.17, 15) is 9.59 Å². The van der Waals surface area contributed by atoms with Gasteiger partial charge in [0, 0.05) is 11.4 Å². The Balaban J connectivity index is 1.67. The van der Waals surface area contributed by atoms with Gasteiger partial charge in [0.15, 0.2) is 0 Å². The molecule has 6 heteroatoms. The zero-order valence-electron chi connectivity index (χ0n) is 15.8. The average molecular weight is 387 g/mol. The van der Waals surface area contributed by atoms with E-state index in [1.54, 1.807) is 0 Å². The summed E-state index contributed by atoms with van der Waals surface area (Å²) in [6.07, 6.45) is 2.11. The first-order chi connectivity index (χ1) is 13.1. The third kappa shape index (κ3) is 8.17. The molecule has 0 saturated heterocycles. The van der Waals surface area contributed by atoms with Crippen LogP contribution >= 0.6 is 11.8 Å². The summed E-state index contributed by atoms with van der Waals surface area (Å²) in [5, 5.41) is 5.65. The summed E-state index contributed by atoms with van der Waals surface area (Å²) >= 11 is 1.28. The van der Waals surface area contributed by atoms with Crippen LogP contribution in [0.4, 0.5) is 11.4 Å². The van der Waals surface area contributed by atoms with Gasteiger partial charge in [-0.2, -0.15) is 0 Å². The van der Waals surface area contributed by atoms with Crippen molar-refractivity contribution in [2.75, 3.05) is 28.7 Å². The standard InChI is InChI=1S/C21H26N2O3S/c1-3-4-12-26-19-10-8-17(9-11-19)22-20(24)14-27-15-21(25)23-18-7-5-6-16(2)13-18/h5-11,13H,3-4,12,14-15H2,1-2H3,(H,22,24)(H,23,25). The van der Waals surface area contributed by atoms with E-state index in [-0.39, 0.29) is 23.3 Å². The molecule has 27 heavy (non-hydrogen) atoms. The zero-order valence-corrected chi connectivity index (χ0v) is 16.6. The molecule has 0 bridgehead atoms. The predicted octanol–water partition coefficient (Wildman–Crippen LogP) is 4.48. The summed E-state index contributed by atoms with van der Waals surface area (Å²) in [5.74, 6) is 0.986. The summed E-state index contributed by atoms with van der Waals surface area (Å²) in [6, 6.07) is 14.9. The predicted molar refractivity (Wildman–Crippen MR) is 113 cm³/mol. The number of hydrogen-bond acceptors (Lipinski definition) is 4. The van der Waals surface area contributed by atoms with Gasteiger partial charge in [0.1, 0.15) is 5.75 Å². The molecule has 0 spiro atoms. The molecule has 0 heterocycles. The monoisotopic (exact) mass is 386 g/mol. The minimum absolute atomic E-state index is 0.119. The SMILES string of the molecule is CCCCOc1ccc(NC(=O)CSCC(=O)Nc2cccc(C)c2)cc1. The number of rotatable bonds is 10. The highest BCUT2D eigenvalue weighted by molar-refractivity contribution is 8.00. The number of anilines is 2. The fourth-order valence-electron chi connectivity index (χ4n) is 2.32. The molecule has 0 aliphatic carbocycles. The molecule has 0 aliphatic rings. The Hall–Kier alpha value is -2.47. The Kier molecular flexibility index (Phi) is 8.71. The highest BCUT2D eigenvalue weighted by Gasteiger charge is 2.07. The van der Waals surface area contributed by atoms with Crippen LogP contribution in [0, 0.1) is 6.92 Å². The first-order valence-electron chi connectivity index (χ1n) is 9.04. The van der Waals surface area contributed by atoms with Gasteiger partial charge in [-0.15, -0.1) is 11.8 Å². The summed E-state index contributed by atoms with van der Waals surface area (Å²) in [4.78, 5) is 23.9. The maximum atomic E-state index is 12.0. The van der Waals surface area contributed by atoms with Gasteiger partial charge in [0.05, 0.1) is 18.1 Å². The Morgan fingerprint density at radius 2 is 1.63 bits per heavy atom. The zero-order chi connectivity index (χ0) is 19.5. The van der Waals surface area contributed by atoms with E-state index in [2.05, 4.69) is 17.6 Å². The molecule has 2 rings (SSSR count). The van der Waals surface area contributed by atoms with Crippen LogP contribution in [0.1, 0.15) is 25.3 Å². The number of nitrogens with one attached hydrogen (secondary N) is 2. The van der Waals surface area contributed by atoms with E-state index < -0.39 is 0 Å². The molecule has 0 radical (unpaired) electrons. The third-order valence-corrected chi connectivity index (χ3v) is 4.61. The van der Waals surface area contributed by atoms with Crippen molar-refractivity contribution in [3.8, 4) is 5.75 Å². The molecule has 0 aliphatic heterocycles. The van der Waals surface area contributed by atoms with Gasteiger partial charge >= 0.3 is 0 Å². The van der Waals surface area contributed by atoms with Gasteiger partial charge in [-0.25, -0.2) is 0 Å². The number of hydrogen-bond donors (Lipinski definition) is 2. The van der Waals surface area contributed by atoms with Crippen LogP contribution in [0.15, 0.2) is 48.5 Å². The number of benzene rings is 2. The second kappa shape index (κ2) is 11.3. The Labute approximate surface area is 164 Å². The van der Waals surface area contributed by atoms with Crippen molar-refractivity contribution in [3.05, 3.63) is 54.1 Å². The van der Waals surface area contributed by atoms with Crippen LogP contribution in [0.25, 0.3) is 0 Å². The Morgan fingerprint density at radius 3 is 2.26 bits per heavy atom. The van der Waals surface area contributed by atoms with E-state index in [4.69, 9.17) is 4.74 Å². The van der Waals surface area contributed by atoms with Gasteiger partial charge in [-0.1, -0.05) is 25.5 Å². The normalized spacial score (nSPS) is 10.3. The fourth-order valence-corrected chi connectivity index (χ4v) is 2.94. The summed E-state index contributed by atoms with van der Waals surface area (Å²) in [6.45, 7) is 4.79. The van der Waals surface area contributed by atoms with Gasteiger partial charge in [0.2, 0.25) is 11.8 Å². The number of thioether (sulfide) groups is 1. The highest BCUT2D eigenvalue weighted by Crippen LogP contribution is 2.16. The molecule has 0 atom stereocenters. The van der Waals surface area contributed by atoms with Crippen molar-refractivity contribution in [2.45, 2.75) is 26.7 Å². The summed E-state index contributed by atoms with van der Waals surface area (Å²) in [5.41, 5.74) is 2.57. The van der Waals surface area contributed by atoms with Gasteiger partial charge < -0.3 is 15.4 Å². The van der Waals surface area contributed by atoms with Crippen molar-refractivity contribution < 1.29 is 14.3 Å². The molecule has 0 unspecified atom stereocenters. The third-order valence-electron chi connectivity index (χ3n) is 3.67. The molecule has 0 fully saturated rings. The number of unbranched alkanes of at least 4 members (excludes halogenated alkanes) is 1. The van der Waals surface area contributed by atoms with Crippen molar-refractivity contribution in [1.82, 2.24) is 0 Å². The Morgan fingerprint density at radius 1 is 0.963 bits per heavy atom. The molecule has 5 nitrogen and oxygen atoms in total. The minimum atomic E-state index is -0.136. The van der Waals surface area contributed by atoms with E-state index in [1.807, 2.05) is 55.5 Å². The molecular formula is C21H26N2O3S. The first-order valence-corrected chi connectivity index (χ1v) is 10.2. The van der Waals surface area contributed by atoms with Crippen molar-refractivity contribution in [3.63, 3.8) is 0 Å². The molecule has 2 amide bonds. The minimum Gasteiger partial charge on any atom is -0.494 e. The molecular weight excluding hydrogens is 360 g/mol. The lowest BCUT2D eigenvalue weighted by Crippen LogP contribution is -2.18. The Bertz CT molecular complexity index is 747. The molecule has 0 aromatic heterocycles. The fraction of sp³-hybridized carbons (Fsp3) is 0.333. The number of amides is 2. The lowest BCUT2D eigenvalue weighted by Gasteiger charge is -2.08. The van der Waals surface area contributed by atoms with Crippen LogP contribution in [0.2, 0.25) is 0 Å². The largest absolute Gasteiger partial charge is 0.494 e. The number of carbonyl (C=O) groups excluding carboxylic acids is 2. The maximum Gasteiger partial charge on any atom is 0.234 e. The van der Waals surface area contributed by atoms with Crippen LogP contribution in [0.5, 0.6) is 5.75 Å². The van der Waals surface area contributed by atoms with Crippen LogP contribution < -0.4 is 15.4 Å². The van der Waals surface area contributed by atoms with Gasteiger partial charge in [-0.05, 0) is 55.3 Å². The second-order valence-electron chi connectivity index (χ2n) is 6.19. The molecule has 2 N–H and O–H groups in total. The summed E-state index contributed by atoms with van der Waals surface area (Å²) in [7, 11) is 0. The van der Waals surface area contributed by atoms with E-state index >= 15 is 0 Å². The van der Waals surface area contributed by atoms with E-state index in [1.165, 1.54) is 11.8 Å². The molecule has 0 saturated carbocycles. The maximum absolute atomic E-state index is 12.0. The van der Waals surface area contributed by atoms with Crippen LogP contribution in [-0.2, 0) is 9.59 Å². The topological polar surface area (TPSA) is 67.4 Å². The van der Waals surface area contributed by atoms with Gasteiger partial charge in [0.25, 0.3) is 0 Å². The first kappa shape index (κ1) is 20.8. The number of ether oxygens (including phenoxy) is 1. The van der Waals surface area contributed by atoms with Crippen molar-refractivity contribution >= 4 is 35.0 Å². The molecule has 2 aromatic rings.